The van der Waals surface area contributed by atoms with Gasteiger partial charge in [0.25, 0.3) is 5.56 Å². The van der Waals surface area contributed by atoms with E-state index in [0.29, 0.717) is 23.6 Å². The maximum Gasteiger partial charge on any atom is 0.255 e. The lowest BCUT2D eigenvalue weighted by Crippen LogP contribution is -2.14. The van der Waals surface area contributed by atoms with Crippen LogP contribution in [0.3, 0.4) is 0 Å². The minimum Gasteiger partial charge on any atom is -0.301 e. The van der Waals surface area contributed by atoms with Crippen LogP contribution < -0.4 is 5.56 Å². The number of Topliss-reactive ketones (excluding diaryl/α,β-unsaturated/α-hetero) is 1. The molecule has 1 aromatic carbocycles. The van der Waals surface area contributed by atoms with E-state index in [2.05, 4.69) is 15.0 Å². The number of benzene rings is 1. The monoisotopic (exact) mass is 449 g/mol. The zero-order valence-corrected chi connectivity index (χ0v) is 19.7. The molecule has 32 heavy (non-hydrogen) atoms. The second-order valence-electron chi connectivity index (χ2n) is 8.18. The van der Waals surface area contributed by atoms with Gasteiger partial charge in [0.05, 0.1) is 0 Å². The van der Waals surface area contributed by atoms with E-state index in [0.717, 1.165) is 54.7 Å². The Morgan fingerprint density at radius 1 is 0.906 bits per heavy atom. The number of aryl methyl sites for hydroxylation is 2. The standard InChI is InChI=1S/C26H31N3O2S/c1-19-9-13-22(14-10-19)24(30)8-6-4-3-5-7-15-32-26-28-18-23(25(31)29-26)16-21-12-11-20(2)27-17-21/h9-14,17-18H,3-8,15-16H2,1-2H3,(H,28,29,31). The fourth-order valence-electron chi connectivity index (χ4n) is 3.40. The minimum absolute atomic E-state index is 0.0821. The second kappa shape index (κ2) is 12.3. The van der Waals surface area contributed by atoms with E-state index < -0.39 is 0 Å². The Balaban J connectivity index is 1.29. The highest BCUT2D eigenvalue weighted by Gasteiger charge is 2.06. The van der Waals surface area contributed by atoms with Crippen molar-refractivity contribution < 1.29 is 4.79 Å². The highest BCUT2D eigenvalue weighted by molar-refractivity contribution is 7.99. The summed E-state index contributed by atoms with van der Waals surface area (Å²) in [6.45, 7) is 3.97. The van der Waals surface area contributed by atoms with Gasteiger partial charge in [-0.1, -0.05) is 66.9 Å². The second-order valence-corrected chi connectivity index (χ2v) is 9.27. The molecule has 0 radical (unpaired) electrons. The Morgan fingerprint density at radius 3 is 2.38 bits per heavy atom. The lowest BCUT2D eigenvalue weighted by Gasteiger charge is -2.05. The molecule has 0 fully saturated rings. The van der Waals surface area contributed by atoms with Gasteiger partial charge in [-0.05, 0) is 38.3 Å². The van der Waals surface area contributed by atoms with Gasteiger partial charge >= 0.3 is 0 Å². The normalized spacial score (nSPS) is 10.9. The number of thioether (sulfide) groups is 1. The van der Waals surface area contributed by atoms with Crippen LogP contribution in [0.15, 0.2) is 58.7 Å². The fourth-order valence-corrected chi connectivity index (χ4v) is 4.23. The number of nitrogens with one attached hydrogen (secondary N) is 1. The molecule has 2 aromatic heterocycles. The molecule has 6 heteroatoms. The summed E-state index contributed by atoms with van der Waals surface area (Å²) in [4.78, 5) is 36.1. The fraction of sp³-hybridized carbons (Fsp3) is 0.385. The third-order valence-corrected chi connectivity index (χ3v) is 6.35. The first-order valence-corrected chi connectivity index (χ1v) is 12.2. The zero-order valence-electron chi connectivity index (χ0n) is 18.9. The topological polar surface area (TPSA) is 75.7 Å². The molecule has 0 saturated carbocycles. The van der Waals surface area contributed by atoms with Crippen LogP contribution in [0.25, 0.3) is 0 Å². The number of hydrogen-bond donors (Lipinski definition) is 1. The van der Waals surface area contributed by atoms with Crippen LogP contribution in [-0.4, -0.2) is 26.5 Å². The summed E-state index contributed by atoms with van der Waals surface area (Å²) in [5.41, 5.74) is 4.53. The average Bonchev–Trinajstić information content (AvgIpc) is 2.79. The maximum absolute atomic E-state index is 12.3. The van der Waals surface area contributed by atoms with Crippen LogP contribution in [0.5, 0.6) is 0 Å². The number of rotatable bonds is 12. The predicted octanol–water partition coefficient (Wildman–Crippen LogP) is 5.69. The minimum atomic E-state index is -0.0821. The highest BCUT2D eigenvalue weighted by atomic mass is 32.2. The van der Waals surface area contributed by atoms with E-state index in [9.17, 15) is 9.59 Å². The van der Waals surface area contributed by atoms with E-state index in [1.807, 2.05) is 50.2 Å². The number of aromatic nitrogens is 3. The third-order valence-electron chi connectivity index (χ3n) is 5.38. The Hall–Kier alpha value is -2.73. The number of ketones is 1. The number of H-pyrrole nitrogens is 1. The number of carbonyl (C=O) groups is 1. The molecule has 3 aromatic rings. The third kappa shape index (κ3) is 7.75. The number of carbonyl (C=O) groups excluding carboxylic acids is 1. The van der Waals surface area contributed by atoms with Gasteiger partial charge in [-0.15, -0.1) is 0 Å². The molecule has 0 amide bonds. The highest BCUT2D eigenvalue weighted by Crippen LogP contribution is 2.16. The summed E-state index contributed by atoms with van der Waals surface area (Å²) < 4.78 is 0. The first-order chi connectivity index (χ1) is 15.5. The van der Waals surface area contributed by atoms with Crippen molar-refractivity contribution in [1.82, 2.24) is 15.0 Å². The number of aromatic amines is 1. The van der Waals surface area contributed by atoms with Crippen molar-refractivity contribution in [3.63, 3.8) is 0 Å². The molecule has 0 bridgehead atoms. The van der Waals surface area contributed by atoms with Gasteiger partial charge in [0.15, 0.2) is 10.9 Å². The first-order valence-electron chi connectivity index (χ1n) is 11.2. The molecule has 2 heterocycles. The Bertz CT molecular complexity index is 1060. The van der Waals surface area contributed by atoms with Crippen molar-refractivity contribution >= 4 is 17.5 Å². The van der Waals surface area contributed by atoms with Crippen molar-refractivity contribution in [2.75, 3.05) is 5.75 Å². The van der Waals surface area contributed by atoms with Crippen molar-refractivity contribution in [1.29, 1.82) is 0 Å². The molecular weight excluding hydrogens is 418 g/mol. The predicted molar refractivity (Wildman–Crippen MR) is 131 cm³/mol. The van der Waals surface area contributed by atoms with E-state index in [-0.39, 0.29) is 11.3 Å². The van der Waals surface area contributed by atoms with Crippen molar-refractivity contribution in [2.45, 2.75) is 63.9 Å². The lowest BCUT2D eigenvalue weighted by atomic mass is 10.0. The van der Waals surface area contributed by atoms with Crippen molar-refractivity contribution in [3.05, 3.63) is 87.1 Å². The van der Waals surface area contributed by atoms with Crippen LogP contribution >= 0.6 is 11.8 Å². The molecule has 0 saturated heterocycles. The summed E-state index contributed by atoms with van der Waals surface area (Å²) in [5, 5.41) is 0.671. The van der Waals surface area contributed by atoms with Gasteiger partial charge in [-0.2, -0.15) is 0 Å². The van der Waals surface area contributed by atoms with E-state index in [1.165, 1.54) is 5.56 Å². The number of unbranched alkanes of at least 4 members (excludes halogenated alkanes) is 4. The number of nitrogens with zero attached hydrogens (tertiary/aromatic N) is 2. The first kappa shape index (κ1) is 23.9. The Morgan fingerprint density at radius 2 is 1.66 bits per heavy atom. The van der Waals surface area contributed by atoms with Gasteiger partial charge in [0.2, 0.25) is 0 Å². The largest absolute Gasteiger partial charge is 0.301 e. The van der Waals surface area contributed by atoms with Gasteiger partial charge in [0.1, 0.15) is 0 Å². The molecule has 0 aliphatic heterocycles. The van der Waals surface area contributed by atoms with E-state index >= 15 is 0 Å². The Kier molecular flexibility index (Phi) is 9.23. The van der Waals surface area contributed by atoms with Gasteiger partial charge in [-0.25, -0.2) is 4.98 Å². The van der Waals surface area contributed by atoms with E-state index in [1.54, 1.807) is 24.2 Å². The van der Waals surface area contributed by atoms with Crippen LogP contribution in [0.1, 0.15) is 71.3 Å². The molecule has 0 aliphatic rings. The summed E-state index contributed by atoms with van der Waals surface area (Å²) in [5.74, 6) is 1.16. The molecule has 5 nitrogen and oxygen atoms in total. The van der Waals surface area contributed by atoms with Crippen LogP contribution in [0.4, 0.5) is 0 Å². The summed E-state index contributed by atoms with van der Waals surface area (Å²) in [6.07, 6.45) is 9.94. The smallest absolute Gasteiger partial charge is 0.255 e. The van der Waals surface area contributed by atoms with Crippen LogP contribution in [0, 0.1) is 13.8 Å². The Labute approximate surface area is 194 Å². The van der Waals surface area contributed by atoms with Crippen molar-refractivity contribution in [2.24, 2.45) is 0 Å². The quantitative estimate of drug-likeness (QED) is 0.166. The lowest BCUT2D eigenvalue weighted by molar-refractivity contribution is 0.0979. The molecule has 0 unspecified atom stereocenters. The summed E-state index contributed by atoms with van der Waals surface area (Å²) in [6, 6.07) is 11.7. The van der Waals surface area contributed by atoms with Crippen LogP contribution in [0.2, 0.25) is 0 Å². The summed E-state index contributed by atoms with van der Waals surface area (Å²) >= 11 is 1.59. The molecule has 0 aliphatic carbocycles. The SMILES string of the molecule is Cc1ccc(C(=O)CCCCCCCSc2ncc(Cc3ccc(C)nc3)c(=O)[nH]2)cc1. The average molecular weight is 450 g/mol. The molecule has 1 N–H and O–H groups in total. The molecule has 3 rings (SSSR count). The molecule has 168 valence electrons. The van der Waals surface area contributed by atoms with Crippen LogP contribution in [-0.2, 0) is 6.42 Å². The number of pyridine rings is 1. The molecule has 0 spiro atoms. The number of hydrogen-bond acceptors (Lipinski definition) is 5. The summed E-state index contributed by atoms with van der Waals surface area (Å²) in [7, 11) is 0. The van der Waals surface area contributed by atoms with E-state index in [4.69, 9.17) is 0 Å². The zero-order chi connectivity index (χ0) is 22.8. The van der Waals surface area contributed by atoms with Gasteiger partial charge in [-0.3, -0.25) is 14.6 Å². The maximum atomic E-state index is 12.3. The van der Waals surface area contributed by atoms with Gasteiger partial charge in [0, 0.05) is 47.8 Å². The van der Waals surface area contributed by atoms with Crippen molar-refractivity contribution in [3.8, 4) is 0 Å². The molecular formula is C26H31N3O2S. The molecule has 0 atom stereocenters. The van der Waals surface area contributed by atoms with Gasteiger partial charge < -0.3 is 4.98 Å².